The van der Waals surface area contributed by atoms with E-state index >= 15 is 0 Å². The van der Waals surface area contributed by atoms with E-state index in [4.69, 9.17) is 10.5 Å². The lowest BCUT2D eigenvalue weighted by Crippen LogP contribution is -2.28. The van der Waals surface area contributed by atoms with Crippen molar-refractivity contribution in [2.75, 3.05) is 7.11 Å². The molecule has 1 rings (SSSR count). The molecule has 0 aromatic heterocycles. The summed E-state index contributed by atoms with van der Waals surface area (Å²) in [7, 11) is 1.37. The average Bonchev–Trinajstić information content (AvgIpc) is 3.23. The standard InChI is InChI=1S/C60H93NO3/c1-14-24-45(2)25-15-26-46(3)27-16-28-47(4)29-17-30-48(5)31-18-32-49(6)33-19-34-50(7)35-20-36-51(8)37-21-38-52(9)39-22-40-53(10)41-23-42-54(11)43-44-56-55(12)58(62)57(61)60(64-13)59(56)63/h25,27,29,31,33,35,37,39,41,43H,14-24,26,28,30,32,34,36,38,40,42,44,61H2,1-13H3/b45-25+,46-27+,47-29+,48-31+,49-33+,50-35+,51-37+,52-39+,53-41+,54-43+. The van der Waals surface area contributed by atoms with Gasteiger partial charge in [-0.25, -0.2) is 0 Å². The molecule has 0 unspecified atom stereocenters. The minimum Gasteiger partial charge on any atom is -0.491 e. The van der Waals surface area contributed by atoms with E-state index in [1.807, 2.05) is 6.08 Å². The van der Waals surface area contributed by atoms with E-state index in [-0.39, 0.29) is 23.0 Å². The van der Waals surface area contributed by atoms with Gasteiger partial charge in [0, 0.05) is 11.1 Å². The number of carbonyl (C=O) groups excluding carboxylic acids is 2. The molecule has 0 fully saturated rings. The third kappa shape index (κ3) is 26.6. The van der Waals surface area contributed by atoms with Crippen molar-refractivity contribution in [3.8, 4) is 0 Å². The highest BCUT2D eigenvalue weighted by Crippen LogP contribution is 2.26. The van der Waals surface area contributed by atoms with Crippen LogP contribution < -0.4 is 5.73 Å². The molecule has 0 aliphatic heterocycles. The quantitative estimate of drug-likeness (QED) is 0.0540. The van der Waals surface area contributed by atoms with Gasteiger partial charge in [0.2, 0.25) is 11.6 Å². The molecule has 0 saturated heterocycles. The van der Waals surface area contributed by atoms with E-state index in [1.165, 1.54) is 101 Å². The van der Waals surface area contributed by atoms with Crippen LogP contribution in [0.4, 0.5) is 0 Å². The van der Waals surface area contributed by atoms with Crippen molar-refractivity contribution in [1.82, 2.24) is 0 Å². The summed E-state index contributed by atoms with van der Waals surface area (Å²) in [5.74, 6) is -0.646. The smallest absolute Gasteiger partial charge is 0.226 e. The number of methoxy groups -OCH3 is 1. The SMILES string of the molecule is CCC/C(C)=C/CC/C(C)=C/CC/C(C)=C/CC/C(C)=C/CC/C(C)=C/CC/C(C)=C/CC/C(C)=C/CC/C(C)=C/CC/C(C)=C/CC/C(C)=C/CC1=C(C)C(=O)C(N)=C(OC)C1=O. The molecule has 0 radical (unpaired) electrons. The molecule has 64 heavy (non-hydrogen) atoms. The molecule has 1 aliphatic carbocycles. The monoisotopic (exact) mass is 876 g/mol. The maximum absolute atomic E-state index is 12.7. The van der Waals surface area contributed by atoms with Gasteiger partial charge in [-0.15, -0.1) is 0 Å². The van der Waals surface area contributed by atoms with Gasteiger partial charge in [0.25, 0.3) is 0 Å². The zero-order valence-corrected chi connectivity index (χ0v) is 43.4. The van der Waals surface area contributed by atoms with Crippen molar-refractivity contribution in [2.24, 2.45) is 5.73 Å². The van der Waals surface area contributed by atoms with Crippen LogP contribution in [0.5, 0.6) is 0 Å². The molecule has 0 bridgehead atoms. The Kier molecular flexibility index (Phi) is 30.9. The summed E-state index contributed by atoms with van der Waals surface area (Å²) >= 11 is 0. The molecule has 4 nitrogen and oxygen atoms in total. The minimum absolute atomic E-state index is 0.0412. The summed E-state index contributed by atoms with van der Waals surface area (Å²) in [6.45, 7) is 26.5. The molecule has 0 spiro atoms. The van der Waals surface area contributed by atoms with Crippen molar-refractivity contribution in [1.29, 1.82) is 0 Å². The molecular weight excluding hydrogens is 783 g/mol. The molecule has 0 saturated carbocycles. The van der Waals surface area contributed by atoms with Gasteiger partial charge >= 0.3 is 0 Å². The summed E-state index contributed by atoms with van der Waals surface area (Å²) in [4.78, 5) is 25.2. The van der Waals surface area contributed by atoms with Crippen LogP contribution in [-0.2, 0) is 14.3 Å². The van der Waals surface area contributed by atoms with Crippen LogP contribution in [0.2, 0.25) is 0 Å². The lowest BCUT2D eigenvalue weighted by atomic mass is 9.90. The second kappa shape index (κ2) is 34.2. The number of nitrogens with two attached hydrogens (primary N) is 1. The molecule has 1 aliphatic rings. The van der Waals surface area contributed by atoms with Gasteiger partial charge in [0.15, 0.2) is 5.76 Å². The van der Waals surface area contributed by atoms with Crippen LogP contribution in [0, 0.1) is 0 Å². The molecule has 0 aromatic rings. The highest BCUT2D eigenvalue weighted by molar-refractivity contribution is 6.23. The van der Waals surface area contributed by atoms with Gasteiger partial charge in [0.05, 0.1) is 7.11 Å². The summed E-state index contributed by atoms with van der Waals surface area (Å²) in [5, 5.41) is 0. The first-order chi connectivity index (χ1) is 30.5. The lowest BCUT2D eigenvalue weighted by Gasteiger charge is -2.18. The Morgan fingerprint density at radius 3 is 0.875 bits per heavy atom. The van der Waals surface area contributed by atoms with Gasteiger partial charge in [-0.2, -0.15) is 0 Å². The summed E-state index contributed by atoms with van der Waals surface area (Å²) in [5.41, 5.74) is 21.3. The van der Waals surface area contributed by atoms with Gasteiger partial charge in [-0.3, -0.25) is 9.59 Å². The van der Waals surface area contributed by atoms with Crippen LogP contribution in [0.25, 0.3) is 0 Å². The van der Waals surface area contributed by atoms with E-state index in [9.17, 15) is 9.59 Å². The van der Waals surface area contributed by atoms with E-state index < -0.39 is 0 Å². The van der Waals surface area contributed by atoms with E-state index in [0.717, 1.165) is 89.9 Å². The number of ketones is 2. The average molecular weight is 876 g/mol. The summed E-state index contributed by atoms with van der Waals surface area (Å²) in [6.07, 6.45) is 46.9. The fourth-order valence-electron chi connectivity index (χ4n) is 7.93. The number of ether oxygens (including phenoxy) is 1. The predicted molar refractivity (Wildman–Crippen MR) is 281 cm³/mol. The molecule has 0 amide bonds. The number of carbonyl (C=O) groups is 2. The third-order valence-corrected chi connectivity index (χ3v) is 12.5. The van der Waals surface area contributed by atoms with Crippen LogP contribution in [0.1, 0.15) is 218 Å². The molecule has 2 N–H and O–H groups in total. The number of hydrogen-bond acceptors (Lipinski definition) is 4. The molecule has 0 atom stereocenters. The Hall–Kier alpha value is -4.18. The van der Waals surface area contributed by atoms with Gasteiger partial charge in [-0.05, 0) is 205 Å². The highest BCUT2D eigenvalue weighted by Gasteiger charge is 2.31. The lowest BCUT2D eigenvalue weighted by molar-refractivity contribution is -0.118. The van der Waals surface area contributed by atoms with Crippen LogP contribution in [-0.4, -0.2) is 18.7 Å². The number of rotatable bonds is 32. The number of allylic oxidation sites excluding steroid dienone is 22. The van der Waals surface area contributed by atoms with Crippen molar-refractivity contribution in [3.05, 3.63) is 139 Å². The Balaban J connectivity index is 2.29. The maximum Gasteiger partial charge on any atom is 0.226 e. The largest absolute Gasteiger partial charge is 0.491 e. The predicted octanol–water partition coefficient (Wildman–Crippen LogP) is 17.9. The highest BCUT2D eigenvalue weighted by atomic mass is 16.5. The van der Waals surface area contributed by atoms with Crippen molar-refractivity contribution >= 4 is 11.6 Å². The van der Waals surface area contributed by atoms with Crippen LogP contribution >= 0.6 is 0 Å². The minimum atomic E-state index is -0.318. The fourth-order valence-corrected chi connectivity index (χ4v) is 7.93. The van der Waals surface area contributed by atoms with Crippen molar-refractivity contribution in [3.63, 3.8) is 0 Å². The van der Waals surface area contributed by atoms with Crippen molar-refractivity contribution in [2.45, 2.75) is 218 Å². The van der Waals surface area contributed by atoms with Gasteiger partial charge in [0.1, 0.15) is 5.70 Å². The number of Topliss-reactive ketones (excluding diaryl/α,β-unsaturated/α-hetero) is 2. The Morgan fingerprint density at radius 2 is 0.641 bits per heavy atom. The van der Waals surface area contributed by atoms with Gasteiger partial charge in [-0.1, -0.05) is 130 Å². The zero-order valence-electron chi connectivity index (χ0n) is 43.4. The van der Waals surface area contributed by atoms with E-state index in [2.05, 4.69) is 131 Å². The molecule has 0 aromatic carbocycles. The summed E-state index contributed by atoms with van der Waals surface area (Å²) in [6, 6.07) is 0. The van der Waals surface area contributed by atoms with Gasteiger partial charge < -0.3 is 10.5 Å². The fraction of sp³-hybridized carbons (Fsp3) is 0.567. The van der Waals surface area contributed by atoms with E-state index in [0.29, 0.717) is 17.6 Å². The number of hydrogen-bond donors (Lipinski definition) is 1. The second-order valence-corrected chi connectivity index (χ2v) is 19.0. The Labute approximate surface area is 394 Å². The normalized spacial score (nSPS) is 16.3. The molecular formula is C60H93NO3. The second-order valence-electron chi connectivity index (χ2n) is 19.0. The molecule has 4 heteroatoms. The Bertz CT molecular complexity index is 1870. The third-order valence-electron chi connectivity index (χ3n) is 12.5. The van der Waals surface area contributed by atoms with E-state index in [1.54, 1.807) is 6.92 Å². The topological polar surface area (TPSA) is 69.4 Å². The Morgan fingerprint density at radius 1 is 0.406 bits per heavy atom. The molecule has 356 valence electrons. The maximum atomic E-state index is 12.7. The first kappa shape index (κ1) is 57.8. The van der Waals surface area contributed by atoms with Crippen LogP contribution in [0.3, 0.4) is 0 Å². The van der Waals surface area contributed by atoms with Crippen molar-refractivity contribution < 1.29 is 14.3 Å². The first-order valence-electron chi connectivity index (χ1n) is 24.9. The first-order valence-corrected chi connectivity index (χ1v) is 24.9. The summed E-state index contributed by atoms with van der Waals surface area (Å²) < 4.78 is 5.11. The zero-order chi connectivity index (χ0) is 47.9. The van der Waals surface area contributed by atoms with Crippen LogP contribution in [0.15, 0.2) is 139 Å². The molecule has 0 heterocycles.